The third-order valence-corrected chi connectivity index (χ3v) is 2.77. The fourth-order valence-corrected chi connectivity index (χ4v) is 1.66. The van der Waals surface area contributed by atoms with E-state index in [4.69, 9.17) is 0 Å². The van der Waals surface area contributed by atoms with Gasteiger partial charge in [0.2, 0.25) is 5.16 Å². The Bertz CT molecular complexity index is 266. The van der Waals surface area contributed by atoms with Crippen molar-refractivity contribution in [3.05, 3.63) is 0 Å². The molecular formula is C7H15N5OS. The van der Waals surface area contributed by atoms with Crippen molar-refractivity contribution in [2.45, 2.75) is 18.2 Å². The molecule has 0 amide bonds. The molecule has 0 aromatic carbocycles. The van der Waals surface area contributed by atoms with Crippen LogP contribution in [0, 0.1) is 0 Å². The number of hydrogen-bond donors (Lipinski definition) is 2. The van der Waals surface area contributed by atoms with Gasteiger partial charge in [0.05, 0.1) is 6.10 Å². The molecule has 1 unspecified atom stereocenters. The Morgan fingerprint density at radius 1 is 1.64 bits per heavy atom. The van der Waals surface area contributed by atoms with Crippen LogP contribution in [0.25, 0.3) is 0 Å². The van der Waals surface area contributed by atoms with Gasteiger partial charge < -0.3 is 10.4 Å². The molecule has 0 radical (unpaired) electrons. The Kier molecular flexibility index (Phi) is 4.85. The minimum absolute atomic E-state index is 0.364. The van der Waals surface area contributed by atoms with Gasteiger partial charge in [-0.25, -0.2) is 4.68 Å². The van der Waals surface area contributed by atoms with E-state index in [0.717, 1.165) is 11.7 Å². The van der Waals surface area contributed by atoms with E-state index in [0.29, 0.717) is 12.3 Å². The molecule has 14 heavy (non-hydrogen) atoms. The molecular weight excluding hydrogens is 202 g/mol. The molecule has 1 atom stereocenters. The molecule has 80 valence electrons. The van der Waals surface area contributed by atoms with Crippen LogP contribution in [0.3, 0.4) is 0 Å². The average Bonchev–Trinajstić information content (AvgIpc) is 2.58. The van der Waals surface area contributed by atoms with E-state index in [1.165, 1.54) is 11.8 Å². The monoisotopic (exact) mass is 217 g/mol. The van der Waals surface area contributed by atoms with Gasteiger partial charge in [-0.3, -0.25) is 0 Å². The number of aromatic nitrogens is 4. The Morgan fingerprint density at radius 3 is 3.00 bits per heavy atom. The molecule has 0 aliphatic carbocycles. The standard InChI is InChI=1S/C7H15N5OS/c1-3-8-4-6(13)5-14-7-9-10-11-12(7)2/h6,8,13H,3-5H2,1-2H3. The summed E-state index contributed by atoms with van der Waals surface area (Å²) < 4.78 is 1.59. The summed E-state index contributed by atoms with van der Waals surface area (Å²) >= 11 is 1.45. The van der Waals surface area contributed by atoms with E-state index >= 15 is 0 Å². The summed E-state index contributed by atoms with van der Waals surface area (Å²) in [4.78, 5) is 0. The molecule has 0 saturated carbocycles. The van der Waals surface area contributed by atoms with Gasteiger partial charge in [0.1, 0.15) is 0 Å². The summed E-state index contributed by atoms with van der Waals surface area (Å²) in [5.74, 6) is 0.598. The van der Waals surface area contributed by atoms with Gasteiger partial charge in [-0.15, -0.1) is 5.10 Å². The molecule has 1 heterocycles. The summed E-state index contributed by atoms with van der Waals surface area (Å²) in [6.07, 6.45) is -0.364. The average molecular weight is 217 g/mol. The third kappa shape index (κ3) is 3.60. The molecule has 0 aliphatic rings. The highest BCUT2D eigenvalue weighted by atomic mass is 32.2. The van der Waals surface area contributed by atoms with Crippen LogP contribution in [0.1, 0.15) is 6.92 Å². The van der Waals surface area contributed by atoms with Crippen LogP contribution in [0.5, 0.6) is 0 Å². The molecule has 0 spiro atoms. The number of nitrogens with one attached hydrogen (secondary N) is 1. The number of aryl methyl sites for hydroxylation is 1. The highest BCUT2D eigenvalue weighted by Gasteiger charge is 2.07. The summed E-state index contributed by atoms with van der Waals surface area (Å²) in [6, 6.07) is 0. The number of tetrazole rings is 1. The number of aliphatic hydroxyl groups is 1. The zero-order valence-corrected chi connectivity index (χ0v) is 9.16. The lowest BCUT2D eigenvalue weighted by molar-refractivity contribution is 0.196. The molecule has 1 aromatic heterocycles. The first-order valence-electron chi connectivity index (χ1n) is 4.48. The van der Waals surface area contributed by atoms with Gasteiger partial charge in [-0.2, -0.15) is 0 Å². The Labute approximate surface area is 87.1 Å². The molecule has 6 nitrogen and oxygen atoms in total. The molecule has 1 rings (SSSR count). The lowest BCUT2D eigenvalue weighted by atomic mass is 10.4. The first-order chi connectivity index (χ1) is 6.74. The minimum atomic E-state index is -0.364. The van der Waals surface area contributed by atoms with Crippen molar-refractivity contribution in [2.24, 2.45) is 7.05 Å². The maximum absolute atomic E-state index is 9.51. The van der Waals surface area contributed by atoms with E-state index in [1.807, 2.05) is 6.92 Å². The van der Waals surface area contributed by atoms with Crippen molar-refractivity contribution in [1.29, 1.82) is 0 Å². The number of hydrogen-bond acceptors (Lipinski definition) is 6. The van der Waals surface area contributed by atoms with Crippen LogP contribution in [0.15, 0.2) is 5.16 Å². The van der Waals surface area contributed by atoms with Crippen molar-refractivity contribution < 1.29 is 5.11 Å². The topological polar surface area (TPSA) is 75.9 Å². The fourth-order valence-electron chi connectivity index (χ4n) is 0.884. The lowest BCUT2D eigenvalue weighted by Crippen LogP contribution is -2.28. The minimum Gasteiger partial charge on any atom is -0.391 e. The van der Waals surface area contributed by atoms with Crippen LogP contribution in [0.4, 0.5) is 0 Å². The highest BCUT2D eigenvalue weighted by molar-refractivity contribution is 7.99. The number of aliphatic hydroxyl groups excluding tert-OH is 1. The van der Waals surface area contributed by atoms with Gasteiger partial charge in [0.25, 0.3) is 0 Å². The zero-order chi connectivity index (χ0) is 10.4. The quantitative estimate of drug-likeness (QED) is 0.612. The normalized spacial score (nSPS) is 13.1. The molecule has 7 heteroatoms. The van der Waals surface area contributed by atoms with Gasteiger partial charge in [0, 0.05) is 19.3 Å². The second-order valence-corrected chi connectivity index (χ2v) is 3.84. The summed E-state index contributed by atoms with van der Waals surface area (Å²) in [6.45, 7) is 3.48. The van der Waals surface area contributed by atoms with Crippen molar-refractivity contribution in [1.82, 2.24) is 25.5 Å². The maximum atomic E-state index is 9.51. The van der Waals surface area contributed by atoms with Crippen LogP contribution < -0.4 is 5.32 Å². The molecule has 0 saturated heterocycles. The van der Waals surface area contributed by atoms with E-state index in [9.17, 15) is 5.11 Å². The SMILES string of the molecule is CCNCC(O)CSc1nnnn1C. The molecule has 0 bridgehead atoms. The molecule has 0 aliphatic heterocycles. The summed E-state index contributed by atoms with van der Waals surface area (Å²) in [7, 11) is 1.78. The largest absolute Gasteiger partial charge is 0.391 e. The predicted octanol–water partition coefficient (Wildman–Crippen LogP) is -0.727. The summed E-state index contributed by atoms with van der Waals surface area (Å²) in [5, 5.41) is 24.3. The van der Waals surface area contributed by atoms with Crippen molar-refractivity contribution >= 4 is 11.8 Å². The number of thioether (sulfide) groups is 1. The molecule has 2 N–H and O–H groups in total. The number of rotatable bonds is 6. The highest BCUT2D eigenvalue weighted by Crippen LogP contribution is 2.12. The second kappa shape index (κ2) is 5.94. The van der Waals surface area contributed by atoms with Gasteiger partial charge in [-0.1, -0.05) is 18.7 Å². The van der Waals surface area contributed by atoms with E-state index < -0.39 is 0 Å². The van der Waals surface area contributed by atoms with Gasteiger partial charge in [0.15, 0.2) is 0 Å². The van der Waals surface area contributed by atoms with Crippen molar-refractivity contribution in [3.8, 4) is 0 Å². The number of nitrogens with zero attached hydrogens (tertiary/aromatic N) is 4. The summed E-state index contributed by atoms with van der Waals surface area (Å²) in [5.41, 5.74) is 0. The second-order valence-electron chi connectivity index (χ2n) is 2.86. The number of likely N-dealkylation sites (N-methyl/N-ethyl adjacent to an activating group) is 1. The van der Waals surface area contributed by atoms with Crippen LogP contribution in [-0.2, 0) is 7.05 Å². The molecule has 1 aromatic rings. The van der Waals surface area contributed by atoms with Crippen LogP contribution >= 0.6 is 11.8 Å². The zero-order valence-electron chi connectivity index (χ0n) is 8.34. The van der Waals surface area contributed by atoms with Gasteiger partial charge >= 0.3 is 0 Å². The Hall–Kier alpha value is -0.660. The smallest absolute Gasteiger partial charge is 0.209 e. The lowest BCUT2D eigenvalue weighted by Gasteiger charge is -2.09. The Morgan fingerprint density at radius 2 is 2.43 bits per heavy atom. The Balaban J connectivity index is 2.23. The molecule has 0 fully saturated rings. The van der Waals surface area contributed by atoms with Crippen LogP contribution in [0.2, 0.25) is 0 Å². The maximum Gasteiger partial charge on any atom is 0.209 e. The van der Waals surface area contributed by atoms with Crippen molar-refractivity contribution in [2.75, 3.05) is 18.8 Å². The van der Waals surface area contributed by atoms with Crippen molar-refractivity contribution in [3.63, 3.8) is 0 Å². The van der Waals surface area contributed by atoms with E-state index in [-0.39, 0.29) is 6.10 Å². The third-order valence-electron chi connectivity index (χ3n) is 1.62. The predicted molar refractivity (Wildman–Crippen MR) is 54.1 cm³/mol. The van der Waals surface area contributed by atoms with Crippen LogP contribution in [-0.4, -0.2) is 50.3 Å². The van der Waals surface area contributed by atoms with E-state index in [1.54, 1.807) is 11.7 Å². The first-order valence-corrected chi connectivity index (χ1v) is 5.46. The van der Waals surface area contributed by atoms with Gasteiger partial charge in [-0.05, 0) is 17.0 Å². The fraction of sp³-hybridized carbons (Fsp3) is 0.857. The first kappa shape index (κ1) is 11.4. The van der Waals surface area contributed by atoms with E-state index in [2.05, 4.69) is 20.8 Å².